The lowest BCUT2D eigenvalue weighted by Gasteiger charge is -2.25. The minimum atomic E-state index is -3.32. The van der Waals surface area contributed by atoms with Gasteiger partial charge in [-0.25, -0.2) is 13.1 Å². The van der Waals surface area contributed by atoms with E-state index >= 15 is 0 Å². The van der Waals surface area contributed by atoms with E-state index in [0.717, 1.165) is 11.3 Å². The molecule has 1 unspecified atom stereocenters. The van der Waals surface area contributed by atoms with Crippen LogP contribution in [0.5, 0.6) is 5.75 Å². The third-order valence-corrected chi connectivity index (χ3v) is 4.36. The molecule has 7 heteroatoms. The fraction of sp³-hybridized carbons (Fsp3) is 0.538. The molecule has 0 amide bonds. The highest BCUT2D eigenvalue weighted by atomic mass is 32.2. The summed E-state index contributed by atoms with van der Waals surface area (Å²) in [7, 11) is 2.10. The van der Waals surface area contributed by atoms with E-state index < -0.39 is 10.0 Å². The molecule has 114 valence electrons. The number of nitrogens with one attached hydrogen (secondary N) is 1. The van der Waals surface area contributed by atoms with E-state index in [-0.39, 0.29) is 18.3 Å². The second-order valence-electron chi connectivity index (χ2n) is 4.71. The van der Waals surface area contributed by atoms with Gasteiger partial charge in [-0.2, -0.15) is 0 Å². The highest BCUT2D eigenvalue weighted by Crippen LogP contribution is 2.22. The van der Waals surface area contributed by atoms with Crippen LogP contribution < -0.4 is 15.2 Å². The minimum absolute atomic E-state index is 0.0642. The Morgan fingerprint density at radius 3 is 2.65 bits per heavy atom. The zero-order valence-electron chi connectivity index (χ0n) is 12.2. The molecule has 0 saturated carbocycles. The molecule has 0 bridgehead atoms. The van der Waals surface area contributed by atoms with Crippen LogP contribution >= 0.6 is 0 Å². The number of likely N-dealkylation sites (N-methyl/N-ethyl adjacent to an activating group) is 1. The maximum absolute atomic E-state index is 11.7. The summed E-state index contributed by atoms with van der Waals surface area (Å²) in [6.07, 6.45) is 0. The Labute approximate surface area is 121 Å². The lowest BCUT2D eigenvalue weighted by molar-refractivity contribution is 0.298. The van der Waals surface area contributed by atoms with E-state index in [1.54, 1.807) is 7.11 Å². The van der Waals surface area contributed by atoms with Crippen molar-refractivity contribution in [1.29, 1.82) is 0 Å². The maximum atomic E-state index is 11.7. The van der Waals surface area contributed by atoms with Gasteiger partial charge in [0.05, 0.1) is 12.9 Å². The molecule has 0 aromatic heterocycles. The Kier molecular flexibility index (Phi) is 6.41. The van der Waals surface area contributed by atoms with Gasteiger partial charge in [0, 0.05) is 19.1 Å². The first-order chi connectivity index (χ1) is 9.39. The van der Waals surface area contributed by atoms with Crippen molar-refractivity contribution in [1.82, 2.24) is 9.62 Å². The van der Waals surface area contributed by atoms with Crippen molar-refractivity contribution in [3.05, 3.63) is 29.8 Å². The van der Waals surface area contributed by atoms with E-state index in [1.807, 2.05) is 43.3 Å². The number of nitrogens with zero attached hydrogens (tertiary/aromatic N) is 1. The van der Waals surface area contributed by atoms with Crippen LogP contribution in [0.15, 0.2) is 24.3 Å². The zero-order chi connectivity index (χ0) is 15.2. The van der Waals surface area contributed by atoms with Gasteiger partial charge >= 0.3 is 0 Å². The first kappa shape index (κ1) is 16.9. The Morgan fingerprint density at radius 1 is 1.40 bits per heavy atom. The van der Waals surface area contributed by atoms with E-state index in [0.29, 0.717) is 6.54 Å². The number of benzene rings is 1. The second-order valence-corrected chi connectivity index (χ2v) is 6.64. The van der Waals surface area contributed by atoms with Gasteiger partial charge in [0.1, 0.15) is 5.75 Å². The molecule has 20 heavy (non-hydrogen) atoms. The highest BCUT2D eigenvalue weighted by molar-refractivity contribution is 7.89. The van der Waals surface area contributed by atoms with E-state index in [2.05, 4.69) is 4.72 Å². The molecule has 1 rings (SSSR count). The largest absolute Gasteiger partial charge is 0.497 e. The minimum Gasteiger partial charge on any atom is -0.497 e. The third kappa shape index (κ3) is 5.09. The number of ether oxygens (including phenoxy) is 1. The van der Waals surface area contributed by atoms with E-state index in [4.69, 9.17) is 10.5 Å². The van der Waals surface area contributed by atoms with Crippen molar-refractivity contribution < 1.29 is 13.2 Å². The van der Waals surface area contributed by atoms with Crippen LogP contribution in [0, 0.1) is 0 Å². The molecule has 0 saturated heterocycles. The third-order valence-electron chi connectivity index (χ3n) is 2.99. The first-order valence-electron chi connectivity index (χ1n) is 6.37. The monoisotopic (exact) mass is 301 g/mol. The maximum Gasteiger partial charge on any atom is 0.212 e. The van der Waals surface area contributed by atoms with Crippen molar-refractivity contribution in [3.8, 4) is 5.75 Å². The van der Waals surface area contributed by atoms with Gasteiger partial charge in [0.2, 0.25) is 10.0 Å². The van der Waals surface area contributed by atoms with Crippen LogP contribution in [0.3, 0.4) is 0 Å². The molecular weight excluding hydrogens is 278 g/mol. The zero-order valence-corrected chi connectivity index (χ0v) is 13.0. The average molecular weight is 301 g/mol. The van der Waals surface area contributed by atoms with Gasteiger partial charge in [-0.15, -0.1) is 0 Å². The number of rotatable bonds is 8. The summed E-state index contributed by atoms with van der Waals surface area (Å²) >= 11 is 0. The summed E-state index contributed by atoms with van der Waals surface area (Å²) in [5.74, 6) is 0.685. The lowest BCUT2D eigenvalue weighted by atomic mass is 10.1. The van der Waals surface area contributed by atoms with Gasteiger partial charge in [0.25, 0.3) is 0 Å². The number of hydrogen-bond donors (Lipinski definition) is 2. The Bertz CT molecular complexity index is 517. The second kappa shape index (κ2) is 7.58. The first-order valence-corrected chi connectivity index (χ1v) is 8.02. The summed E-state index contributed by atoms with van der Waals surface area (Å²) in [5, 5.41) is 0. The topological polar surface area (TPSA) is 84.7 Å². The van der Waals surface area contributed by atoms with Crippen LogP contribution in [0.4, 0.5) is 0 Å². The Morgan fingerprint density at radius 2 is 2.10 bits per heavy atom. The van der Waals surface area contributed by atoms with Crippen LogP contribution in [-0.2, 0) is 10.0 Å². The Hall–Kier alpha value is -1.15. The van der Waals surface area contributed by atoms with E-state index in [1.165, 1.54) is 0 Å². The van der Waals surface area contributed by atoms with Gasteiger partial charge in [-0.1, -0.05) is 12.1 Å². The van der Waals surface area contributed by atoms with Crippen molar-refractivity contribution >= 4 is 10.0 Å². The molecule has 0 aliphatic heterocycles. The molecule has 0 heterocycles. The molecular formula is C13H23N3O3S. The molecule has 3 N–H and O–H groups in total. The summed E-state index contributed by atoms with van der Waals surface area (Å²) in [4.78, 5) is 1.96. The fourth-order valence-corrected chi connectivity index (χ4v) is 2.75. The molecule has 0 fully saturated rings. The van der Waals surface area contributed by atoms with Crippen molar-refractivity contribution in [3.63, 3.8) is 0 Å². The summed E-state index contributed by atoms with van der Waals surface area (Å²) in [6.45, 7) is 0.406. The fourth-order valence-electron chi connectivity index (χ4n) is 1.88. The average Bonchev–Trinajstić information content (AvgIpc) is 2.38. The number of nitrogens with two attached hydrogens (primary N) is 1. The van der Waals surface area contributed by atoms with Crippen molar-refractivity contribution in [2.45, 2.75) is 6.04 Å². The smallest absolute Gasteiger partial charge is 0.212 e. The van der Waals surface area contributed by atoms with Crippen molar-refractivity contribution in [2.24, 2.45) is 5.73 Å². The van der Waals surface area contributed by atoms with Crippen LogP contribution in [-0.4, -0.2) is 53.4 Å². The van der Waals surface area contributed by atoms with Crippen LogP contribution in [0.25, 0.3) is 0 Å². The summed E-state index contributed by atoms with van der Waals surface area (Å²) < 4.78 is 31.1. The van der Waals surface area contributed by atoms with Crippen LogP contribution in [0.1, 0.15) is 11.6 Å². The predicted molar refractivity (Wildman–Crippen MR) is 80.3 cm³/mol. The van der Waals surface area contributed by atoms with E-state index in [9.17, 15) is 8.42 Å². The quantitative estimate of drug-likeness (QED) is 0.715. The van der Waals surface area contributed by atoms with Crippen molar-refractivity contribution in [2.75, 3.05) is 40.0 Å². The van der Waals surface area contributed by atoms with Gasteiger partial charge < -0.3 is 15.4 Å². The number of hydrogen-bond acceptors (Lipinski definition) is 5. The van der Waals surface area contributed by atoms with Crippen LogP contribution in [0.2, 0.25) is 0 Å². The molecule has 1 atom stereocenters. The molecule has 1 aromatic carbocycles. The number of sulfonamides is 1. The molecule has 0 aliphatic rings. The summed E-state index contributed by atoms with van der Waals surface area (Å²) in [5.41, 5.74) is 6.27. The number of methoxy groups -OCH3 is 1. The molecule has 0 radical (unpaired) electrons. The molecule has 6 nitrogen and oxygen atoms in total. The van der Waals surface area contributed by atoms with Gasteiger partial charge in [-0.3, -0.25) is 0 Å². The lowest BCUT2D eigenvalue weighted by Crippen LogP contribution is -2.37. The molecule has 1 aromatic rings. The predicted octanol–water partition coefficient (Wildman–Crippen LogP) is 0.176. The molecule has 0 spiro atoms. The normalized spacial score (nSPS) is 13.4. The van der Waals surface area contributed by atoms with Gasteiger partial charge in [-0.05, 0) is 31.8 Å². The standard InChI is InChI=1S/C13H23N3O3S/c1-16(2)13(10-15-20(17,18)8-7-14)11-5-4-6-12(9-11)19-3/h4-6,9,13,15H,7-8,10,14H2,1-3H3. The summed E-state index contributed by atoms with van der Waals surface area (Å²) in [6, 6.07) is 7.53. The highest BCUT2D eigenvalue weighted by Gasteiger charge is 2.18. The Balaban J connectivity index is 2.84. The molecule has 0 aliphatic carbocycles. The van der Waals surface area contributed by atoms with Gasteiger partial charge in [0.15, 0.2) is 0 Å². The SMILES string of the molecule is COc1cccc(C(CNS(=O)(=O)CCN)N(C)C)c1.